The van der Waals surface area contributed by atoms with Crippen LogP contribution in [0.2, 0.25) is 0 Å². The number of allylic oxidation sites excluding steroid dienone is 1. The van der Waals surface area contributed by atoms with Crippen LogP contribution in [-0.4, -0.2) is 36.6 Å². The van der Waals surface area contributed by atoms with Gasteiger partial charge in [0, 0.05) is 17.9 Å². The molecule has 0 aromatic heterocycles. The minimum atomic E-state index is -0.00914. The minimum Gasteiger partial charge on any atom is -0.352 e. The highest BCUT2D eigenvalue weighted by atomic mass is 32.2. The molecule has 0 aliphatic rings. The van der Waals surface area contributed by atoms with Crippen LogP contribution in [0.3, 0.4) is 0 Å². The first-order valence-corrected chi connectivity index (χ1v) is 7.92. The normalized spacial score (nSPS) is 11.2. The molecular weight excluding hydrogens is 268 g/mol. The molecule has 0 saturated heterocycles. The Morgan fingerprint density at radius 1 is 1.40 bits per heavy atom. The summed E-state index contributed by atoms with van der Waals surface area (Å²) in [4.78, 5) is 11.7. The van der Waals surface area contributed by atoms with Crippen LogP contribution in [0.5, 0.6) is 0 Å². The van der Waals surface area contributed by atoms with Gasteiger partial charge in [-0.15, -0.1) is 0 Å². The maximum atomic E-state index is 11.7. The largest absolute Gasteiger partial charge is 0.352 e. The van der Waals surface area contributed by atoms with Crippen molar-refractivity contribution in [2.45, 2.75) is 19.8 Å². The molecule has 110 valence electrons. The van der Waals surface area contributed by atoms with Gasteiger partial charge in [0.05, 0.1) is 0 Å². The zero-order valence-corrected chi connectivity index (χ0v) is 13.4. The van der Waals surface area contributed by atoms with Crippen molar-refractivity contribution in [3.05, 3.63) is 41.5 Å². The van der Waals surface area contributed by atoms with Gasteiger partial charge >= 0.3 is 0 Å². The maximum absolute atomic E-state index is 11.7. The fraction of sp³-hybridized carbons (Fsp3) is 0.438. The second-order valence-electron chi connectivity index (χ2n) is 4.68. The predicted molar refractivity (Wildman–Crippen MR) is 88.9 cm³/mol. The highest BCUT2D eigenvalue weighted by molar-refractivity contribution is 7.96. The first-order valence-electron chi connectivity index (χ1n) is 6.98. The smallest absolute Gasteiger partial charge is 0.251 e. The van der Waals surface area contributed by atoms with E-state index in [2.05, 4.69) is 35.9 Å². The zero-order valence-electron chi connectivity index (χ0n) is 12.6. The van der Waals surface area contributed by atoms with Crippen molar-refractivity contribution < 1.29 is 4.79 Å². The number of benzene rings is 1. The molecule has 20 heavy (non-hydrogen) atoms. The first-order chi connectivity index (χ1) is 9.63. The summed E-state index contributed by atoms with van der Waals surface area (Å²) in [6.07, 6.45) is 6.48. The van der Waals surface area contributed by atoms with Crippen molar-refractivity contribution >= 4 is 23.9 Å². The summed E-state index contributed by atoms with van der Waals surface area (Å²) >= 11 is 1.84. The molecule has 0 radical (unpaired) electrons. The first kappa shape index (κ1) is 16.8. The van der Waals surface area contributed by atoms with E-state index in [1.165, 1.54) is 0 Å². The number of unbranched alkanes of at least 4 members (excludes halogenated alkanes) is 1. The second kappa shape index (κ2) is 9.61. The lowest BCUT2D eigenvalue weighted by atomic mass is 10.1. The maximum Gasteiger partial charge on any atom is 0.251 e. The molecule has 0 heterocycles. The summed E-state index contributed by atoms with van der Waals surface area (Å²) in [5, 5.41) is 2.81. The molecule has 0 saturated carbocycles. The lowest BCUT2D eigenvalue weighted by Crippen LogP contribution is -2.22. The molecule has 0 bridgehead atoms. The van der Waals surface area contributed by atoms with Crippen LogP contribution in [0.25, 0.3) is 6.08 Å². The van der Waals surface area contributed by atoms with E-state index in [9.17, 15) is 4.79 Å². The summed E-state index contributed by atoms with van der Waals surface area (Å²) in [7, 11) is 4.13. The Labute approximate surface area is 126 Å². The summed E-state index contributed by atoms with van der Waals surface area (Å²) in [5.74, 6) is 1.13. The summed E-state index contributed by atoms with van der Waals surface area (Å²) in [6, 6.07) is 7.71. The summed E-state index contributed by atoms with van der Waals surface area (Å²) in [6.45, 7) is 2.58. The van der Waals surface area contributed by atoms with Gasteiger partial charge in [-0.2, -0.15) is 0 Å². The lowest BCUT2D eigenvalue weighted by molar-refractivity contribution is 0.0956. The van der Waals surface area contributed by atoms with E-state index >= 15 is 0 Å². The van der Waals surface area contributed by atoms with Crippen LogP contribution in [0.1, 0.15) is 35.7 Å². The second-order valence-corrected chi connectivity index (χ2v) is 6.07. The predicted octanol–water partition coefficient (Wildman–Crippen LogP) is 3.44. The molecular formula is C16H24N2OS. The molecule has 1 amide bonds. The van der Waals surface area contributed by atoms with Crippen LogP contribution < -0.4 is 5.32 Å². The summed E-state index contributed by atoms with van der Waals surface area (Å²) in [5.41, 5.74) is 1.80. The van der Waals surface area contributed by atoms with Gasteiger partial charge in [-0.05, 0) is 51.6 Å². The zero-order chi connectivity index (χ0) is 14.8. The molecule has 0 aliphatic heterocycles. The van der Waals surface area contributed by atoms with Gasteiger partial charge in [0.15, 0.2) is 0 Å². The number of nitrogens with one attached hydrogen (secondary N) is 1. The van der Waals surface area contributed by atoms with E-state index in [1.54, 1.807) is 0 Å². The Morgan fingerprint density at radius 3 is 2.90 bits per heavy atom. The van der Waals surface area contributed by atoms with Gasteiger partial charge in [0.1, 0.15) is 0 Å². The molecule has 0 unspecified atom stereocenters. The number of nitrogens with zero attached hydrogens (tertiary/aromatic N) is 1. The molecule has 3 nitrogen and oxygen atoms in total. The number of rotatable bonds is 8. The van der Waals surface area contributed by atoms with Crippen molar-refractivity contribution in [1.82, 2.24) is 9.62 Å². The Kier molecular flexibility index (Phi) is 8.07. The van der Waals surface area contributed by atoms with E-state index in [0.717, 1.165) is 29.7 Å². The fourth-order valence-electron chi connectivity index (χ4n) is 1.71. The quantitative estimate of drug-likeness (QED) is 0.588. The van der Waals surface area contributed by atoms with Crippen LogP contribution in [0, 0.1) is 0 Å². The van der Waals surface area contributed by atoms with Gasteiger partial charge < -0.3 is 5.32 Å². The molecule has 0 spiro atoms. The standard InChI is InChI=1S/C16H24N2OS/c1-4-17-16(19)15-11-8-10-14(13-15)9-6-5-7-12-20-18(2)3/h6,8-11,13H,4-5,7,12H2,1-3H3,(H,17,19)/b9-6-. The highest BCUT2D eigenvalue weighted by Gasteiger charge is 2.02. The third kappa shape index (κ3) is 6.78. The van der Waals surface area contributed by atoms with Gasteiger partial charge in [0.25, 0.3) is 5.91 Å². The number of hydrogen-bond acceptors (Lipinski definition) is 3. The number of carbonyl (C=O) groups excluding carboxylic acids is 1. The van der Waals surface area contributed by atoms with Gasteiger partial charge in [-0.3, -0.25) is 9.10 Å². The average molecular weight is 292 g/mol. The van der Waals surface area contributed by atoms with E-state index in [-0.39, 0.29) is 5.91 Å². The third-order valence-electron chi connectivity index (χ3n) is 2.66. The Hall–Kier alpha value is -1.26. The van der Waals surface area contributed by atoms with E-state index in [4.69, 9.17) is 0 Å². The topological polar surface area (TPSA) is 32.3 Å². The van der Waals surface area contributed by atoms with Crippen molar-refractivity contribution in [2.75, 3.05) is 26.4 Å². The van der Waals surface area contributed by atoms with Gasteiger partial charge in [0.2, 0.25) is 0 Å². The minimum absolute atomic E-state index is 0.00914. The number of amides is 1. The van der Waals surface area contributed by atoms with Crippen LogP contribution in [0.4, 0.5) is 0 Å². The SMILES string of the molecule is CCNC(=O)c1cccc(/C=C\CCCSN(C)C)c1. The average Bonchev–Trinajstić information content (AvgIpc) is 2.43. The van der Waals surface area contributed by atoms with Gasteiger partial charge in [-0.25, -0.2) is 0 Å². The van der Waals surface area contributed by atoms with Crippen molar-refractivity contribution in [2.24, 2.45) is 0 Å². The van der Waals surface area contributed by atoms with Crippen molar-refractivity contribution in [3.63, 3.8) is 0 Å². The Bertz CT molecular complexity index is 444. The number of carbonyl (C=O) groups is 1. The molecule has 1 aromatic rings. The lowest BCUT2D eigenvalue weighted by Gasteiger charge is -2.06. The van der Waals surface area contributed by atoms with Crippen LogP contribution >= 0.6 is 11.9 Å². The molecule has 0 aliphatic carbocycles. The molecule has 1 rings (SSSR count). The van der Waals surface area contributed by atoms with Crippen molar-refractivity contribution in [1.29, 1.82) is 0 Å². The van der Waals surface area contributed by atoms with E-state index in [1.807, 2.05) is 43.1 Å². The molecule has 0 atom stereocenters. The van der Waals surface area contributed by atoms with Crippen LogP contribution in [0.15, 0.2) is 30.3 Å². The molecule has 1 N–H and O–H groups in total. The summed E-state index contributed by atoms with van der Waals surface area (Å²) < 4.78 is 2.12. The monoisotopic (exact) mass is 292 g/mol. The van der Waals surface area contributed by atoms with Crippen LogP contribution in [-0.2, 0) is 0 Å². The van der Waals surface area contributed by atoms with Gasteiger partial charge in [-0.1, -0.05) is 36.2 Å². The van der Waals surface area contributed by atoms with E-state index in [0.29, 0.717) is 6.54 Å². The third-order valence-corrected chi connectivity index (χ3v) is 3.65. The van der Waals surface area contributed by atoms with Crippen molar-refractivity contribution in [3.8, 4) is 0 Å². The Morgan fingerprint density at radius 2 is 2.20 bits per heavy atom. The number of hydrogen-bond donors (Lipinski definition) is 1. The Balaban J connectivity index is 2.43. The fourth-order valence-corrected chi connectivity index (χ4v) is 2.37. The highest BCUT2D eigenvalue weighted by Crippen LogP contribution is 2.10. The molecule has 4 heteroatoms. The molecule has 0 fully saturated rings. The van der Waals surface area contributed by atoms with E-state index < -0.39 is 0 Å². The molecule has 1 aromatic carbocycles.